The highest BCUT2D eigenvalue weighted by Crippen LogP contribution is 2.32. The van der Waals surface area contributed by atoms with E-state index >= 15 is 0 Å². The normalized spacial score (nSPS) is 12.0. The Hall–Kier alpha value is -3.31. The minimum atomic E-state index is -4.26. The molecule has 0 radical (unpaired) electrons. The Morgan fingerprint density at radius 1 is 1.07 bits per heavy atom. The minimum Gasteiger partial charge on any atom is -0.490 e. The molecule has 7 N–H and O–H groups in total. The Balaban J connectivity index is 2.43. The van der Waals surface area contributed by atoms with E-state index in [0.29, 0.717) is 41.5 Å². The monoisotopic (exact) mass is 435 g/mol. The number of hydrogen-bond acceptors (Lipinski definition) is 7. The van der Waals surface area contributed by atoms with E-state index in [9.17, 15) is 13.2 Å². The van der Waals surface area contributed by atoms with Gasteiger partial charge in [0.15, 0.2) is 11.5 Å². The van der Waals surface area contributed by atoms with E-state index < -0.39 is 22.2 Å². The Bertz CT molecular complexity index is 1010. The van der Waals surface area contributed by atoms with Gasteiger partial charge in [-0.15, -0.1) is 0 Å². The summed E-state index contributed by atoms with van der Waals surface area (Å²) in [6.45, 7) is 4.44. The molecule has 162 valence electrons. The zero-order valence-corrected chi connectivity index (χ0v) is 17.5. The number of nitrogens with two attached hydrogens (primary N) is 2. The van der Waals surface area contributed by atoms with Crippen LogP contribution in [0.3, 0.4) is 0 Å². The summed E-state index contributed by atoms with van der Waals surface area (Å²) in [5, 5.41) is 15.4. The summed E-state index contributed by atoms with van der Waals surface area (Å²) < 4.78 is 35.7. The molecule has 1 amide bonds. The van der Waals surface area contributed by atoms with Gasteiger partial charge >= 0.3 is 0 Å². The zero-order valence-electron chi connectivity index (χ0n) is 16.6. The highest BCUT2D eigenvalue weighted by atomic mass is 32.2. The van der Waals surface area contributed by atoms with Gasteiger partial charge in [-0.1, -0.05) is 6.07 Å². The number of ether oxygens (including phenoxy) is 2. The van der Waals surface area contributed by atoms with Crippen LogP contribution < -0.4 is 30.4 Å². The second-order valence-corrected chi connectivity index (χ2v) is 7.45. The molecule has 0 aliphatic rings. The predicted molar refractivity (Wildman–Crippen MR) is 114 cm³/mol. The molecular formula is C19H25N5O5S. The van der Waals surface area contributed by atoms with Crippen LogP contribution in [0.1, 0.15) is 31.0 Å². The fourth-order valence-electron chi connectivity index (χ4n) is 2.66. The van der Waals surface area contributed by atoms with Crippen molar-refractivity contribution in [2.75, 3.05) is 18.5 Å². The predicted octanol–water partition coefficient (Wildman–Crippen LogP) is 1.24. The number of carbonyl (C=O) groups excluding carboxylic acids is 1. The molecular weight excluding hydrogens is 410 g/mol. The SMILES string of the molecule is CCOc1ccc(C(Nc2ccc(C(=N)N)cc2)C(=O)NS(N)(=O)=O)cc1OCC. The van der Waals surface area contributed by atoms with Crippen LogP contribution >= 0.6 is 0 Å². The lowest BCUT2D eigenvalue weighted by Gasteiger charge is -2.21. The number of carbonyl (C=O) groups is 1. The number of rotatable bonds is 10. The lowest BCUT2D eigenvalue weighted by Crippen LogP contribution is -2.41. The van der Waals surface area contributed by atoms with Gasteiger partial charge in [0.05, 0.1) is 13.2 Å². The average molecular weight is 436 g/mol. The molecule has 11 heteroatoms. The number of hydrogen-bond donors (Lipinski definition) is 5. The molecule has 2 aromatic rings. The lowest BCUT2D eigenvalue weighted by molar-refractivity contribution is -0.120. The van der Waals surface area contributed by atoms with E-state index in [1.807, 2.05) is 13.8 Å². The van der Waals surface area contributed by atoms with Crippen molar-refractivity contribution in [3.05, 3.63) is 53.6 Å². The molecule has 0 heterocycles. The minimum absolute atomic E-state index is 0.0991. The van der Waals surface area contributed by atoms with Gasteiger partial charge in [0.2, 0.25) is 0 Å². The van der Waals surface area contributed by atoms with Gasteiger partial charge in [-0.3, -0.25) is 10.2 Å². The molecule has 0 bridgehead atoms. The molecule has 0 spiro atoms. The fourth-order valence-corrected chi connectivity index (χ4v) is 3.06. The maximum Gasteiger partial charge on any atom is 0.298 e. The van der Waals surface area contributed by atoms with Crippen LogP contribution in [0.4, 0.5) is 5.69 Å². The van der Waals surface area contributed by atoms with Crippen LogP contribution in [0.2, 0.25) is 0 Å². The molecule has 0 aliphatic heterocycles. The fraction of sp³-hybridized carbons (Fsp3) is 0.263. The van der Waals surface area contributed by atoms with E-state index in [4.69, 9.17) is 25.8 Å². The van der Waals surface area contributed by atoms with Crippen LogP contribution in [0, 0.1) is 5.41 Å². The molecule has 1 unspecified atom stereocenters. The molecule has 10 nitrogen and oxygen atoms in total. The Kier molecular flexibility index (Phi) is 7.61. The first-order valence-electron chi connectivity index (χ1n) is 9.09. The van der Waals surface area contributed by atoms with Gasteiger partial charge in [-0.05, 0) is 55.8 Å². The van der Waals surface area contributed by atoms with E-state index in [0.717, 1.165) is 0 Å². The molecule has 2 aromatic carbocycles. The van der Waals surface area contributed by atoms with Gasteiger partial charge in [-0.25, -0.2) is 9.86 Å². The molecule has 0 saturated carbocycles. The van der Waals surface area contributed by atoms with Crippen molar-refractivity contribution in [3.8, 4) is 11.5 Å². The Morgan fingerprint density at radius 3 is 2.20 bits per heavy atom. The van der Waals surface area contributed by atoms with Gasteiger partial charge in [0.1, 0.15) is 11.9 Å². The number of anilines is 1. The van der Waals surface area contributed by atoms with E-state index in [-0.39, 0.29) is 5.84 Å². The summed E-state index contributed by atoms with van der Waals surface area (Å²) in [5.41, 5.74) is 6.89. The number of nitrogen functional groups attached to an aromatic ring is 1. The number of nitrogens with one attached hydrogen (secondary N) is 3. The lowest BCUT2D eigenvalue weighted by atomic mass is 10.0. The van der Waals surface area contributed by atoms with Gasteiger partial charge in [0, 0.05) is 11.3 Å². The maximum atomic E-state index is 12.7. The van der Waals surface area contributed by atoms with Crippen LogP contribution in [-0.2, 0) is 15.0 Å². The molecule has 1 atom stereocenters. The largest absolute Gasteiger partial charge is 0.490 e. The number of amidine groups is 1. The first kappa shape index (κ1) is 23.0. The molecule has 0 aliphatic carbocycles. The third-order valence-electron chi connectivity index (χ3n) is 3.91. The third-order valence-corrected chi connectivity index (χ3v) is 4.40. The van der Waals surface area contributed by atoms with E-state index in [2.05, 4.69) is 5.32 Å². The topological polar surface area (TPSA) is 170 Å². The van der Waals surface area contributed by atoms with Gasteiger partial charge in [-0.2, -0.15) is 8.42 Å². The molecule has 0 saturated heterocycles. The number of amides is 1. The highest BCUT2D eigenvalue weighted by Gasteiger charge is 2.25. The van der Waals surface area contributed by atoms with Crippen molar-refractivity contribution in [1.29, 1.82) is 5.41 Å². The van der Waals surface area contributed by atoms with Crippen LogP contribution in [0.15, 0.2) is 42.5 Å². The summed E-state index contributed by atoms with van der Waals surface area (Å²) in [7, 11) is -4.26. The highest BCUT2D eigenvalue weighted by molar-refractivity contribution is 7.87. The first-order valence-corrected chi connectivity index (χ1v) is 10.6. The molecule has 0 fully saturated rings. The van der Waals surface area contributed by atoms with Crippen LogP contribution in [0.25, 0.3) is 0 Å². The van der Waals surface area contributed by atoms with Gasteiger partial charge < -0.3 is 20.5 Å². The standard InChI is InChI=1S/C19H25N5O5S/c1-3-28-15-10-7-13(11-16(15)29-4-2)17(19(25)24-30(22,26)27)23-14-8-5-12(6-9-14)18(20)21/h5-11,17,23H,3-4H2,1-2H3,(H3,20,21)(H,24,25)(H2,22,26,27). The smallest absolute Gasteiger partial charge is 0.298 e. The van der Waals surface area contributed by atoms with Crippen molar-refractivity contribution >= 4 is 27.6 Å². The Labute approximate surface area is 175 Å². The summed E-state index contributed by atoms with van der Waals surface area (Å²) in [4.78, 5) is 12.7. The van der Waals surface area contributed by atoms with Crippen LogP contribution in [0.5, 0.6) is 11.5 Å². The molecule has 30 heavy (non-hydrogen) atoms. The van der Waals surface area contributed by atoms with E-state index in [1.165, 1.54) is 0 Å². The molecule has 2 rings (SSSR count). The quantitative estimate of drug-likeness (QED) is 0.276. The van der Waals surface area contributed by atoms with Crippen molar-refractivity contribution in [1.82, 2.24) is 4.72 Å². The second-order valence-electron chi connectivity index (χ2n) is 6.15. The summed E-state index contributed by atoms with van der Waals surface area (Å²) in [6.07, 6.45) is 0. The third kappa shape index (κ3) is 6.36. The average Bonchev–Trinajstić information content (AvgIpc) is 2.67. The van der Waals surface area contributed by atoms with Crippen molar-refractivity contribution < 1.29 is 22.7 Å². The molecule has 0 aromatic heterocycles. The summed E-state index contributed by atoms with van der Waals surface area (Å²) in [6, 6.07) is 10.2. The second kappa shape index (κ2) is 9.94. The first-order chi connectivity index (χ1) is 14.1. The van der Waals surface area contributed by atoms with Crippen molar-refractivity contribution in [2.24, 2.45) is 10.9 Å². The van der Waals surface area contributed by atoms with Gasteiger partial charge in [0.25, 0.3) is 16.1 Å². The zero-order chi connectivity index (χ0) is 22.3. The number of benzene rings is 2. The van der Waals surface area contributed by atoms with Crippen molar-refractivity contribution in [2.45, 2.75) is 19.9 Å². The summed E-state index contributed by atoms with van der Waals surface area (Å²) in [5.74, 6) is -0.0591. The van der Waals surface area contributed by atoms with Crippen LogP contribution in [-0.4, -0.2) is 33.4 Å². The maximum absolute atomic E-state index is 12.7. The van der Waals surface area contributed by atoms with E-state index in [1.54, 1.807) is 47.2 Å². The Morgan fingerprint density at radius 2 is 1.67 bits per heavy atom. The van der Waals surface area contributed by atoms with Crippen molar-refractivity contribution in [3.63, 3.8) is 0 Å². The summed E-state index contributed by atoms with van der Waals surface area (Å²) >= 11 is 0.